The number of fused-ring (bicyclic) bond motifs is 1. The monoisotopic (exact) mass is 445 g/mol. The second-order valence-corrected chi connectivity index (χ2v) is 8.33. The van der Waals surface area contributed by atoms with Crippen LogP contribution in [0.1, 0.15) is 36.2 Å². The molecule has 1 amide bonds. The number of pyridine rings is 1. The zero-order valence-corrected chi connectivity index (χ0v) is 19.2. The van der Waals surface area contributed by atoms with Crippen molar-refractivity contribution >= 4 is 23.1 Å². The van der Waals surface area contributed by atoms with Crippen LogP contribution in [0.25, 0.3) is 0 Å². The number of nitrogens with one attached hydrogen (secondary N) is 2. The molecule has 170 valence electrons. The molecule has 3 heterocycles. The Morgan fingerprint density at radius 1 is 1.27 bits per heavy atom. The van der Waals surface area contributed by atoms with Gasteiger partial charge in [-0.25, -0.2) is 4.98 Å². The second-order valence-electron chi connectivity index (χ2n) is 8.33. The maximum atomic E-state index is 12.5. The number of ether oxygens (including phenoxy) is 1. The van der Waals surface area contributed by atoms with E-state index in [1.807, 2.05) is 80.1 Å². The Morgan fingerprint density at radius 3 is 2.73 bits per heavy atom. The zero-order chi connectivity index (χ0) is 23.5. The smallest absolute Gasteiger partial charge is 0.274 e. The Bertz CT molecular complexity index is 1190. The summed E-state index contributed by atoms with van der Waals surface area (Å²) in [6.45, 7) is 6.87. The molecular formula is C24H27N7O2. The number of carbonyl (C=O) groups excluding carboxylic acids is 1. The molecular weight excluding hydrogens is 418 g/mol. The van der Waals surface area contributed by atoms with Gasteiger partial charge in [-0.3, -0.25) is 9.48 Å². The lowest BCUT2D eigenvalue weighted by Crippen LogP contribution is -2.49. The SMILES string of the molecule is Cc1nc(NCc2cnn(Cc3ccc(C#N)cc3)c2)cc2c1NC(=O)C(OC(C)C)N2C. The van der Waals surface area contributed by atoms with Gasteiger partial charge in [-0.05, 0) is 38.5 Å². The average molecular weight is 446 g/mol. The highest BCUT2D eigenvalue weighted by atomic mass is 16.5. The molecule has 1 aromatic carbocycles. The number of hydrogen-bond acceptors (Lipinski definition) is 7. The molecule has 0 spiro atoms. The van der Waals surface area contributed by atoms with E-state index < -0.39 is 6.23 Å². The Morgan fingerprint density at radius 2 is 2.03 bits per heavy atom. The molecule has 9 nitrogen and oxygen atoms in total. The number of benzene rings is 1. The number of nitrogens with zero attached hydrogens (tertiary/aromatic N) is 5. The maximum absolute atomic E-state index is 12.5. The van der Waals surface area contributed by atoms with Crippen molar-refractivity contribution in [3.63, 3.8) is 0 Å². The van der Waals surface area contributed by atoms with Crippen molar-refractivity contribution in [1.82, 2.24) is 14.8 Å². The fourth-order valence-corrected chi connectivity index (χ4v) is 3.73. The first-order valence-corrected chi connectivity index (χ1v) is 10.8. The minimum Gasteiger partial charge on any atom is -0.366 e. The summed E-state index contributed by atoms with van der Waals surface area (Å²) in [6.07, 6.45) is 3.04. The van der Waals surface area contributed by atoms with Crippen molar-refractivity contribution < 1.29 is 9.53 Å². The summed E-state index contributed by atoms with van der Waals surface area (Å²) >= 11 is 0. The zero-order valence-electron chi connectivity index (χ0n) is 19.2. The largest absolute Gasteiger partial charge is 0.366 e. The maximum Gasteiger partial charge on any atom is 0.274 e. The molecule has 0 bridgehead atoms. The third-order valence-corrected chi connectivity index (χ3v) is 5.37. The van der Waals surface area contributed by atoms with Gasteiger partial charge in [0.15, 0.2) is 0 Å². The van der Waals surface area contributed by atoms with E-state index in [0.29, 0.717) is 30.2 Å². The summed E-state index contributed by atoms with van der Waals surface area (Å²) in [7, 11) is 1.85. The van der Waals surface area contributed by atoms with Gasteiger partial charge in [-0.2, -0.15) is 10.4 Å². The molecule has 0 aliphatic carbocycles. The second kappa shape index (κ2) is 9.30. The Kier molecular flexibility index (Phi) is 6.29. The first-order valence-electron chi connectivity index (χ1n) is 10.8. The molecule has 1 atom stereocenters. The summed E-state index contributed by atoms with van der Waals surface area (Å²) in [5.41, 5.74) is 5.02. The average Bonchev–Trinajstić information content (AvgIpc) is 3.23. The first kappa shape index (κ1) is 22.3. The number of amides is 1. The molecule has 0 saturated carbocycles. The molecule has 2 N–H and O–H groups in total. The highest BCUT2D eigenvalue weighted by Gasteiger charge is 2.33. The molecule has 2 aromatic heterocycles. The third kappa shape index (κ3) is 4.96. The van der Waals surface area contributed by atoms with E-state index in [9.17, 15) is 4.79 Å². The van der Waals surface area contributed by atoms with E-state index in [-0.39, 0.29) is 12.0 Å². The molecule has 1 unspecified atom stereocenters. The van der Waals surface area contributed by atoms with Gasteiger partial charge in [0.1, 0.15) is 5.82 Å². The molecule has 1 aliphatic heterocycles. The van der Waals surface area contributed by atoms with Crippen LogP contribution in [0.5, 0.6) is 0 Å². The lowest BCUT2D eigenvalue weighted by Gasteiger charge is -2.36. The third-order valence-electron chi connectivity index (χ3n) is 5.37. The van der Waals surface area contributed by atoms with Crippen LogP contribution in [0, 0.1) is 18.3 Å². The van der Waals surface area contributed by atoms with E-state index in [4.69, 9.17) is 10.00 Å². The van der Waals surface area contributed by atoms with Crippen LogP contribution >= 0.6 is 0 Å². The highest BCUT2D eigenvalue weighted by molar-refractivity contribution is 6.03. The summed E-state index contributed by atoms with van der Waals surface area (Å²) in [5, 5.41) is 19.6. The van der Waals surface area contributed by atoms with Gasteiger partial charge in [0, 0.05) is 31.4 Å². The van der Waals surface area contributed by atoms with E-state index >= 15 is 0 Å². The first-order chi connectivity index (χ1) is 15.8. The Hall–Kier alpha value is -3.90. The number of likely N-dealkylation sites (N-methyl/N-ethyl adjacent to an activating group) is 1. The van der Waals surface area contributed by atoms with Crippen LogP contribution in [-0.4, -0.2) is 40.1 Å². The topological polar surface area (TPSA) is 108 Å². The van der Waals surface area contributed by atoms with Crippen LogP contribution in [-0.2, 0) is 22.6 Å². The highest BCUT2D eigenvalue weighted by Crippen LogP contribution is 2.35. The van der Waals surface area contributed by atoms with Crippen LogP contribution in [0.3, 0.4) is 0 Å². The van der Waals surface area contributed by atoms with E-state index in [0.717, 1.165) is 22.5 Å². The summed E-state index contributed by atoms with van der Waals surface area (Å²) in [6, 6.07) is 11.5. The molecule has 0 saturated heterocycles. The molecule has 0 radical (unpaired) electrons. The summed E-state index contributed by atoms with van der Waals surface area (Å²) in [5.74, 6) is 0.511. The van der Waals surface area contributed by atoms with Crippen molar-refractivity contribution in [3.8, 4) is 6.07 Å². The van der Waals surface area contributed by atoms with Crippen LogP contribution < -0.4 is 15.5 Å². The number of aromatic nitrogens is 3. The van der Waals surface area contributed by atoms with Crippen molar-refractivity contribution in [2.24, 2.45) is 0 Å². The van der Waals surface area contributed by atoms with Gasteiger partial charge in [0.05, 0.1) is 47.5 Å². The number of aryl methyl sites for hydroxylation is 1. The number of anilines is 3. The van der Waals surface area contributed by atoms with Crippen LogP contribution in [0.4, 0.5) is 17.2 Å². The van der Waals surface area contributed by atoms with Gasteiger partial charge >= 0.3 is 0 Å². The number of rotatable bonds is 7. The molecule has 33 heavy (non-hydrogen) atoms. The minimum atomic E-state index is -0.687. The summed E-state index contributed by atoms with van der Waals surface area (Å²) < 4.78 is 7.65. The van der Waals surface area contributed by atoms with Gasteiger partial charge < -0.3 is 20.3 Å². The fraction of sp³-hybridized carbons (Fsp3) is 0.333. The predicted molar refractivity (Wildman–Crippen MR) is 126 cm³/mol. The predicted octanol–water partition coefficient (Wildman–Crippen LogP) is 3.26. The fourth-order valence-electron chi connectivity index (χ4n) is 3.73. The Balaban J connectivity index is 1.44. The lowest BCUT2D eigenvalue weighted by molar-refractivity contribution is -0.130. The Labute approximate surface area is 193 Å². The molecule has 3 aromatic rings. The number of nitriles is 1. The normalized spacial score (nSPS) is 15.2. The van der Waals surface area contributed by atoms with Crippen LogP contribution in [0.15, 0.2) is 42.7 Å². The number of hydrogen-bond donors (Lipinski definition) is 2. The number of carbonyl (C=O) groups is 1. The minimum absolute atomic E-state index is 0.0777. The molecule has 0 fully saturated rings. The van der Waals surface area contributed by atoms with Crippen molar-refractivity contribution in [3.05, 3.63) is 65.1 Å². The van der Waals surface area contributed by atoms with Crippen molar-refractivity contribution in [1.29, 1.82) is 5.26 Å². The van der Waals surface area contributed by atoms with E-state index in [2.05, 4.69) is 26.8 Å². The van der Waals surface area contributed by atoms with Gasteiger partial charge in [-0.15, -0.1) is 0 Å². The van der Waals surface area contributed by atoms with Gasteiger partial charge in [0.2, 0.25) is 6.23 Å². The lowest BCUT2D eigenvalue weighted by atomic mass is 10.1. The van der Waals surface area contributed by atoms with Crippen molar-refractivity contribution in [2.45, 2.75) is 46.2 Å². The van der Waals surface area contributed by atoms with Crippen molar-refractivity contribution in [2.75, 3.05) is 22.6 Å². The van der Waals surface area contributed by atoms with Gasteiger partial charge in [-0.1, -0.05) is 12.1 Å². The quantitative estimate of drug-likeness (QED) is 0.575. The van der Waals surface area contributed by atoms with Crippen LogP contribution in [0.2, 0.25) is 0 Å². The van der Waals surface area contributed by atoms with E-state index in [1.54, 1.807) is 0 Å². The van der Waals surface area contributed by atoms with Gasteiger partial charge in [0.25, 0.3) is 5.91 Å². The van der Waals surface area contributed by atoms with E-state index in [1.165, 1.54) is 0 Å². The molecule has 1 aliphatic rings. The molecule has 4 rings (SSSR count). The summed E-state index contributed by atoms with van der Waals surface area (Å²) in [4.78, 5) is 18.9. The standard InChI is InChI=1S/C24H27N7O2/c1-15(2)33-24-23(32)29-22-16(3)28-21(9-20(22)30(24)4)26-11-19-12-27-31(14-19)13-18-7-5-17(10-25)6-8-18/h5-9,12,14-15,24H,11,13H2,1-4H3,(H,26,28)(H,29,32). The molecule has 9 heteroatoms.